The molecule has 5 rings (SSSR count). The standard InChI is InChI=1S/C34H46O9/c1-9-18(2)41-27-20(4)32(8)24(37)15-25-33(17-40-25,43-21(5)35)28(32)29(42-30(38)22-13-11-10-12-14-22)34(39)16-23(36)19(3)26(27)31(34,6)7/h9-14,18,20,23-25,27-29,36-37,39H,1,15-17H2,2-8H3/t18?,20?,23-,24-,25?,27-,28-,29-,32+,33-,34+/m0/s1. The van der Waals surface area contributed by atoms with Gasteiger partial charge in [0.15, 0.2) is 5.60 Å². The molecule has 3 unspecified atom stereocenters. The predicted molar refractivity (Wildman–Crippen MR) is 158 cm³/mol. The number of ether oxygens (including phenoxy) is 4. The molecule has 9 nitrogen and oxygen atoms in total. The number of aliphatic hydroxyl groups is 3. The third-order valence-electron chi connectivity index (χ3n) is 11.4. The first-order chi connectivity index (χ1) is 20.1. The molecule has 43 heavy (non-hydrogen) atoms. The number of esters is 2. The number of aliphatic hydroxyl groups excluding tert-OH is 2. The smallest absolute Gasteiger partial charge is 0.338 e. The van der Waals surface area contributed by atoms with Crippen LogP contribution in [0.15, 0.2) is 54.1 Å². The summed E-state index contributed by atoms with van der Waals surface area (Å²) in [7, 11) is 0. The van der Waals surface area contributed by atoms with Crippen LogP contribution in [0.5, 0.6) is 0 Å². The van der Waals surface area contributed by atoms with Crippen molar-refractivity contribution < 1.29 is 43.9 Å². The highest BCUT2D eigenvalue weighted by atomic mass is 16.6. The molecule has 0 aromatic heterocycles. The van der Waals surface area contributed by atoms with E-state index in [9.17, 15) is 24.9 Å². The van der Waals surface area contributed by atoms with Gasteiger partial charge in [0.2, 0.25) is 0 Å². The fourth-order valence-corrected chi connectivity index (χ4v) is 8.62. The third kappa shape index (κ3) is 4.53. The molecule has 1 aromatic carbocycles. The molecule has 2 saturated carbocycles. The Morgan fingerprint density at radius 1 is 1.16 bits per heavy atom. The van der Waals surface area contributed by atoms with Crippen LogP contribution in [0.4, 0.5) is 0 Å². The Labute approximate surface area is 253 Å². The topological polar surface area (TPSA) is 132 Å². The summed E-state index contributed by atoms with van der Waals surface area (Å²) in [5.41, 5.74) is -3.76. The number of hydrogen-bond acceptors (Lipinski definition) is 9. The summed E-state index contributed by atoms with van der Waals surface area (Å²) < 4.78 is 25.1. The van der Waals surface area contributed by atoms with Crippen LogP contribution in [0.3, 0.4) is 0 Å². The van der Waals surface area contributed by atoms with Crippen molar-refractivity contribution in [3.05, 3.63) is 59.7 Å². The van der Waals surface area contributed by atoms with Gasteiger partial charge in [-0.1, -0.05) is 52.0 Å². The minimum atomic E-state index is -1.87. The molecule has 0 radical (unpaired) electrons. The highest BCUT2D eigenvalue weighted by Gasteiger charge is 2.77. The van der Waals surface area contributed by atoms with E-state index in [1.807, 2.05) is 41.5 Å². The van der Waals surface area contributed by atoms with Gasteiger partial charge in [-0.2, -0.15) is 0 Å². The van der Waals surface area contributed by atoms with Crippen molar-refractivity contribution in [1.82, 2.24) is 0 Å². The van der Waals surface area contributed by atoms with Crippen molar-refractivity contribution in [3.63, 3.8) is 0 Å². The van der Waals surface area contributed by atoms with Crippen LogP contribution in [0.2, 0.25) is 0 Å². The van der Waals surface area contributed by atoms with Crippen molar-refractivity contribution in [2.75, 3.05) is 6.61 Å². The second kappa shape index (κ2) is 10.8. The molecule has 3 N–H and O–H groups in total. The van der Waals surface area contributed by atoms with Gasteiger partial charge in [-0.05, 0) is 43.0 Å². The molecule has 9 heteroatoms. The minimum Gasteiger partial charge on any atom is -0.455 e. The quantitative estimate of drug-likeness (QED) is 0.331. The SMILES string of the molecule is C=CC(C)O[C@@H]1C2=C(C)[C@@H](O)C[C@@](O)([C@@H](OC(=O)c3ccccc3)[C@H]3[C@](C)(C1C)[C@@H](O)CC1OC[C@]13OC(C)=O)C2(C)C. The first-order valence-corrected chi connectivity index (χ1v) is 15.2. The van der Waals surface area contributed by atoms with E-state index in [0.717, 1.165) is 0 Å². The zero-order chi connectivity index (χ0) is 31.7. The van der Waals surface area contributed by atoms with Gasteiger partial charge in [0, 0.05) is 30.6 Å². The molecule has 1 aliphatic heterocycles. The zero-order valence-corrected chi connectivity index (χ0v) is 26.2. The maximum absolute atomic E-state index is 13.8. The lowest BCUT2D eigenvalue weighted by molar-refractivity contribution is -0.361. The first-order valence-electron chi connectivity index (χ1n) is 15.2. The fourth-order valence-electron chi connectivity index (χ4n) is 8.62. The van der Waals surface area contributed by atoms with Crippen molar-refractivity contribution >= 4 is 11.9 Å². The summed E-state index contributed by atoms with van der Waals surface area (Å²) in [6.45, 7) is 16.5. The normalized spacial score (nSPS) is 42.2. The molecule has 1 saturated heterocycles. The Morgan fingerprint density at radius 3 is 2.37 bits per heavy atom. The Balaban J connectivity index is 1.83. The van der Waals surface area contributed by atoms with Gasteiger partial charge in [0.25, 0.3) is 0 Å². The molecule has 0 spiro atoms. The molecular weight excluding hydrogens is 552 g/mol. The van der Waals surface area contributed by atoms with Crippen molar-refractivity contribution in [2.45, 2.75) is 109 Å². The van der Waals surface area contributed by atoms with Crippen molar-refractivity contribution in [2.24, 2.45) is 22.7 Å². The van der Waals surface area contributed by atoms with Crippen LogP contribution >= 0.6 is 0 Å². The number of carbonyl (C=O) groups is 2. The molecule has 3 aliphatic carbocycles. The molecular formula is C34H46O9. The van der Waals surface area contributed by atoms with Crippen molar-refractivity contribution in [1.29, 1.82) is 0 Å². The van der Waals surface area contributed by atoms with E-state index in [4.69, 9.17) is 18.9 Å². The van der Waals surface area contributed by atoms with Crippen LogP contribution in [-0.2, 0) is 23.7 Å². The molecule has 236 valence electrons. The van der Waals surface area contributed by atoms with Gasteiger partial charge in [0.1, 0.15) is 17.8 Å². The summed E-state index contributed by atoms with van der Waals surface area (Å²) in [5, 5.41) is 36.6. The van der Waals surface area contributed by atoms with E-state index in [-0.39, 0.29) is 25.0 Å². The number of fused-ring (bicyclic) bond motifs is 5. The van der Waals surface area contributed by atoms with Crippen LogP contribution in [0.1, 0.15) is 71.7 Å². The van der Waals surface area contributed by atoms with Gasteiger partial charge in [-0.25, -0.2) is 4.79 Å². The molecule has 3 fully saturated rings. The monoisotopic (exact) mass is 598 g/mol. The van der Waals surface area contributed by atoms with Crippen LogP contribution in [0, 0.1) is 22.7 Å². The minimum absolute atomic E-state index is 0.00566. The lowest BCUT2D eigenvalue weighted by atomic mass is 9.43. The molecule has 2 bridgehead atoms. The highest BCUT2D eigenvalue weighted by Crippen LogP contribution is 2.66. The van der Waals surface area contributed by atoms with E-state index in [0.29, 0.717) is 11.1 Å². The van der Waals surface area contributed by atoms with Gasteiger partial charge >= 0.3 is 11.9 Å². The summed E-state index contributed by atoms with van der Waals surface area (Å²) >= 11 is 0. The maximum atomic E-state index is 13.8. The van der Waals surface area contributed by atoms with Crippen LogP contribution in [-0.4, -0.2) is 81.7 Å². The molecule has 1 aromatic rings. The fraction of sp³-hybridized carbons (Fsp3) is 0.647. The Hall–Kier alpha value is -2.56. The van der Waals surface area contributed by atoms with E-state index < -0.39 is 82.4 Å². The molecule has 1 heterocycles. The Bertz CT molecular complexity index is 1310. The predicted octanol–water partition coefficient (Wildman–Crippen LogP) is 3.75. The molecule has 11 atom stereocenters. The summed E-state index contributed by atoms with van der Waals surface area (Å²) in [4.78, 5) is 26.6. The van der Waals surface area contributed by atoms with Crippen LogP contribution < -0.4 is 0 Å². The first kappa shape index (κ1) is 31.9. The number of benzene rings is 1. The van der Waals surface area contributed by atoms with E-state index in [1.165, 1.54) is 6.92 Å². The number of rotatable bonds is 6. The van der Waals surface area contributed by atoms with Gasteiger partial charge in [-0.15, -0.1) is 6.58 Å². The Morgan fingerprint density at radius 2 is 1.81 bits per heavy atom. The highest BCUT2D eigenvalue weighted by molar-refractivity contribution is 5.89. The average molecular weight is 599 g/mol. The van der Waals surface area contributed by atoms with Gasteiger partial charge < -0.3 is 34.3 Å². The summed E-state index contributed by atoms with van der Waals surface area (Å²) in [5.74, 6) is -2.62. The van der Waals surface area contributed by atoms with Crippen molar-refractivity contribution in [3.8, 4) is 0 Å². The van der Waals surface area contributed by atoms with E-state index in [1.54, 1.807) is 36.4 Å². The third-order valence-corrected chi connectivity index (χ3v) is 11.4. The average Bonchev–Trinajstić information content (AvgIpc) is 2.95. The zero-order valence-electron chi connectivity index (χ0n) is 26.2. The maximum Gasteiger partial charge on any atom is 0.338 e. The lowest BCUT2D eigenvalue weighted by Crippen LogP contribution is -2.81. The van der Waals surface area contributed by atoms with Gasteiger partial charge in [0.05, 0.1) is 42.5 Å². The second-order valence-electron chi connectivity index (χ2n) is 13.8. The molecule has 4 aliphatic rings. The second-order valence-corrected chi connectivity index (χ2v) is 13.8. The Kier molecular flexibility index (Phi) is 8.00. The number of hydrogen-bond donors (Lipinski definition) is 3. The van der Waals surface area contributed by atoms with E-state index >= 15 is 0 Å². The van der Waals surface area contributed by atoms with Crippen LogP contribution in [0.25, 0.3) is 0 Å². The molecule has 0 amide bonds. The lowest BCUT2D eigenvalue weighted by Gasteiger charge is -2.69. The van der Waals surface area contributed by atoms with E-state index in [2.05, 4.69) is 6.58 Å². The van der Waals surface area contributed by atoms with Gasteiger partial charge in [-0.3, -0.25) is 4.79 Å². The summed E-state index contributed by atoms with van der Waals surface area (Å²) in [6.07, 6.45) is -3.44. The summed E-state index contributed by atoms with van der Waals surface area (Å²) in [6, 6.07) is 8.48. The largest absolute Gasteiger partial charge is 0.455 e. The number of carbonyl (C=O) groups excluding carboxylic acids is 2.